The van der Waals surface area contributed by atoms with Gasteiger partial charge in [0.15, 0.2) is 5.58 Å². The van der Waals surface area contributed by atoms with E-state index in [-0.39, 0.29) is 0 Å². The van der Waals surface area contributed by atoms with Gasteiger partial charge in [-0.3, -0.25) is 4.98 Å². The third kappa shape index (κ3) is 3.94. The Morgan fingerprint density at radius 2 is 1.37 bits per heavy atom. The summed E-state index contributed by atoms with van der Waals surface area (Å²) in [5.74, 6) is 1.16. The number of hydrogen-bond donors (Lipinski definition) is 0. The van der Waals surface area contributed by atoms with Gasteiger partial charge in [-0.25, -0.2) is 0 Å². The fraction of sp³-hybridized carbons (Fsp3) is 0.0513. The van der Waals surface area contributed by atoms with Gasteiger partial charge in [-0.15, -0.1) is 11.8 Å². The Bertz CT molecular complexity index is 2200. The summed E-state index contributed by atoms with van der Waals surface area (Å²) in [6.45, 7) is 0. The first-order chi connectivity index (χ1) is 21.3. The van der Waals surface area contributed by atoms with Gasteiger partial charge in [0, 0.05) is 51.0 Å². The lowest BCUT2D eigenvalue weighted by Crippen LogP contribution is -2.20. The van der Waals surface area contributed by atoms with Crippen molar-refractivity contribution in [3.05, 3.63) is 157 Å². The maximum absolute atomic E-state index is 6.09. The first-order valence-electron chi connectivity index (χ1n) is 14.6. The fourth-order valence-electron chi connectivity index (χ4n) is 6.70. The second-order valence-corrected chi connectivity index (χ2v) is 12.3. The number of benzene rings is 5. The van der Waals surface area contributed by atoms with Crippen LogP contribution >= 0.6 is 11.8 Å². The number of fused-ring (bicyclic) bond motifs is 9. The van der Waals surface area contributed by atoms with Gasteiger partial charge in [0.25, 0.3) is 0 Å². The Balaban J connectivity index is 1.12. The topological polar surface area (TPSA) is 29.3 Å². The molecule has 3 nitrogen and oxygen atoms in total. The molecule has 3 heterocycles. The van der Waals surface area contributed by atoms with Crippen molar-refractivity contribution in [3.63, 3.8) is 0 Å². The lowest BCUT2D eigenvalue weighted by atomic mass is 9.86. The molecular weight excluding hydrogens is 545 g/mol. The first kappa shape index (κ1) is 24.5. The monoisotopic (exact) mass is 570 g/mol. The van der Waals surface area contributed by atoms with E-state index in [4.69, 9.17) is 4.42 Å². The highest BCUT2D eigenvalue weighted by molar-refractivity contribution is 8.00. The molecule has 0 amide bonds. The van der Waals surface area contributed by atoms with E-state index in [1.54, 1.807) is 6.20 Å². The van der Waals surface area contributed by atoms with Gasteiger partial charge in [-0.1, -0.05) is 72.8 Å². The van der Waals surface area contributed by atoms with Crippen molar-refractivity contribution in [1.29, 1.82) is 0 Å². The molecule has 2 unspecified atom stereocenters. The smallest absolute Gasteiger partial charge is 0.153 e. The molecule has 1 aliphatic carbocycles. The molecule has 204 valence electrons. The molecule has 43 heavy (non-hydrogen) atoms. The van der Waals surface area contributed by atoms with Crippen LogP contribution in [0.2, 0.25) is 0 Å². The second-order valence-electron chi connectivity index (χ2n) is 11.1. The molecule has 2 aromatic heterocycles. The molecule has 0 saturated carbocycles. The number of hydrogen-bond acceptors (Lipinski definition) is 4. The van der Waals surface area contributed by atoms with Crippen LogP contribution in [0.4, 0.5) is 11.4 Å². The highest BCUT2D eigenvalue weighted by atomic mass is 32.2. The number of aromatic nitrogens is 1. The predicted octanol–water partition coefficient (Wildman–Crippen LogP) is 10.7. The molecule has 9 rings (SSSR count). The van der Waals surface area contributed by atoms with Crippen molar-refractivity contribution in [1.82, 2.24) is 4.98 Å². The van der Waals surface area contributed by atoms with Gasteiger partial charge >= 0.3 is 0 Å². The minimum Gasteiger partial charge on any atom is -0.454 e. The van der Waals surface area contributed by atoms with E-state index in [0.29, 0.717) is 11.2 Å². The lowest BCUT2D eigenvalue weighted by molar-refractivity contribution is 0.631. The molecule has 2 atom stereocenters. The summed E-state index contributed by atoms with van der Waals surface area (Å²) in [6, 6.07) is 42.9. The van der Waals surface area contributed by atoms with Crippen LogP contribution < -0.4 is 4.90 Å². The van der Waals surface area contributed by atoms with E-state index in [1.165, 1.54) is 37.7 Å². The molecule has 2 aliphatic rings. The van der Waals surface area contributed by atoms with E-state index in [9.17, 15) is 0 Å². The molecule has 0 radical (unpaired) electrons. The number of thioether (sulfide) groups is 1. The summed E-state index contributed by atoms with van der Waals surface area (Å²) in [4.78, 5) is 8.21. The van der Waals surface area contributed by atoms with Gasteiger partial charge < -0.3 is 9.32 Å². The molecule has 0 saturated heterocycles. The number of rotatable bonds is 4. The first-order valence-corrected chi connectivity index (χ1v) is 15.5. The summed E-state index contributed by atoms with van der Waals surface area (Å²) in [7, 11) is 0. The summed E-state index contributed by atoms with van der Waals surface area (Å²) in [6.07, 6.45) is 8.99. The summed E-state index contributed by atoms with van der Waals surface area (Å²) in [5.41, 5.74) is 7.59. The zero-order chi connectivity index (χ0) is 28.3. The normalized spacial score (nSPS) is 17.3. The van der Waals surface area contributed by atoms with Crippen molar-refractivity contribution in [2.24, 2.45) is 0 Å². The number of anilines is 2. The molecule has 0 bridgehead atoms. The van der Waals surface area contributed by atoms with Crippen LogP contribution in [-0.2, 0) is 0 Å². The van der Waals surface area contributed by atoms with Gasteiger partial charge in [0.2, 0.25) is 0 Å². The highest BCUT2D eigenvalue weighted by Crippen LogP contribution is 2.55. The quantitative estimate of drug-likeness (QED) is 0.197. The van der Waals surface area contributed by atoms with Gasteiger partial charge in [0.1, 0.15) is 11.3 Å². The van der Waals surface area contributed by atoms with Crippen LogP contribution in [0.25, 0.3) is 44.0 Å². The summed E-state index contributed by atoms with van der Waals surface area (Å²) < 4.78 is 6.09. The summed E-state index contributed by atoms with van der Waals surface area (Å²) in [5, 5.41) is 5.72. The van der Waals surface area contributed by atoms with Crippen molar-refractivity contribution in [2.75, 3.05) is 4.90 Å². The van der Waals surface area contributed by atoms with Gasteiger partial charge in [-0.05, 0) is 87.8 Å². The SMILES string of the molecule is C1=CC2c3c(c4ccccc4c4ccccc34)SC2C=C1N(c1ccccc1)c1ccc(-c2cc3ncccc3o2)cc1. The van der Waals surface area contributed by atoms with E-state index in [0.717, 1.165) is 33.8 Å². The third-order valence-electron chi connectivity index (χ3n) is 8.64. The molecular formula is C39H26N2OS. The minimum absolute atomic E-state index is 0.317. The van der Waals surface area contributed by atoms with Crippen LogP contribution in [0.5, 0.6) is 0 Å². The number of para-hydroxylation sites is 1. The standard InChI is InChI=1S/C39H26N2OS/c1-2-9-26(10-3-1)41(27-18-16-25(17-19-27)36-24-34-35(42-36)15-8-22-40-34)28-20-21-33-37(23-28)43-39-32-14-7-5-12-30(32)29-11-4-6-13-31(29)38(33)39/h1-24,33,37H. The molecule has 0 fully saturated rings. The van der Waals surface area contributed by atoms with E-state index in [2.05, 4.69) is 131 Å². The third-order valence-corrected chi connectivity index (χ3v) is 10.0. The fourth-order valence-corrected chi connectivity index (χ4v) is 8.23. The Morgan fingerprint density at radius 1 is 0.674 bits per heavy atom. The van der Waals surface area contributed by atoms with Crippen LogP contribution in [0.15, 0.2) is 161 Å². The Hall–Kier alpha value is -5.06. The average Bonchev–Trinajstić information content (AvgIpc) is 3.68. The second kappa shape index (κ2) is 9.75. The number of pyridine rings is 1. The summed E-state index contributed by atoms with van der Waals surface area (Å²) >= 11 is 2.01. The molecule has 0 N–H and O–H groups in total. The van der Waals surface area contributed by atoms with Crippen molar-refractivity contribution < 1.29 is 4.42 Å². The molecule has 5 aromatic carbocycles. The predicted molar refractivity (Wildman–Crippen MR) is 179 cm³/mol. The highest BCUT2D eigenvalue weighted by Gasteiger charge is 2.36. The zero-order valence-corrected chi connectivity index (χ0v) is 24.0. The maximum Gasteiger partial charge on any atom is 0.153 e. The van der Waals surface area contributed by atoms with E-state index >= 15 is 0 Å². The van der Waals surface area contributed by atoms with Crippen LogP contribution in [0.1, 0.15) is 11.5 Å². The van der Waals surface area contributed by atoms with Gasteiger partial charge in [0.05, 0.1) is 0 Å². The minimum atomic E-state index is 0.317. The van der Waals surface area contributed by atoms with Gasteiger partial charge in [-0.2, -0.15) is 0 Å². The van der Waals surface area contributed by atoms with Crippen LogP contribution in [0, 0.1) is 0 Å². The number of furan rings is 1. The zero-order valence-electron chi connectivity index (χ0n) is 23.2. The largest absolute Gasteiger partial charge is 0.454 e. The van der Waals surface area contributed by atoms with E-state index in [1.807, 2.05) is 30.0 Å². The van der Waals surface area contributed by atoms with E-state index < -0.39 is 0 Å². The molecule has 4 heteroatoms. The van der Waals surface area contributed by atoms with Crippen molar-refractivity contribution in [3.8, 4) is 11.3 Å². The van der Waals surface area contributed by atoms with Crippen molar-refractivity contribution in [2.45, 2.75) is 16.1 Å². The van der Waals surface area contributed by atoms with Crippen LogP contribution in [-0.4, -0.2) is 10.2 Å². The average molecular weight is 571 g/mol. The molecule has 7 aromatic rings. The Labute approximate surface area is 253 Å². The number of allylic oxidation sites excluding steroid dienone is 2. The molecule has 0 spiro atoms. The van der Waals surface area contributed by atoms with Crippen molar-refractivity contribution >= 4 is 55.8 Å². The lowest BCUT2D eigenvalue weighted by Gasteiger charge is -2.30. The van der Waals surface area contributed by atoms with Crippen LogP contribution in [0.3, 0.4) is 0 Å². The number of nitrogens with zero attached hydrogens (tertiary/aromatic N) is 2. The Kier molecular flexibility index (Phi) is 5.56. The maximum atomic E-state index is 6.09. The molecule has 1 aliphatic heterocycles. The Morgan fingerprint density at radius 3 is 2.16 bits per heavy atom.